The van der Waals surface area contributed by atoms with E-state index in [0.29, 0.717) is 6.54 Å². The van der Waals surface area contributed by atoms with E-state index in [4.69, 9.17) is 10.8 Å². The van der Waals surface area contributed by atoms with E-state index in [1.807, 2.05) is 14.0 Å². The Bertz CT molecular complexity index is 616. The van der Waals surface area contributed by atoms with E-state index >= 15 is 0 Å². The number of anilines is 1. The molecule has 0 unspecified atom stereocenters. The van der Waals surface area contributed by atoms with E-state index < -0.39 is 5.97 Å². The maximum absolute atomic E-state index is 10.8. The van der Waals surface area contributed by atoms with E-state index in [9.17, 15) is 4.79 Å². The fourth-order valence-electron chi connectivity index (χ4n) is 1.69. The van der Waals surface area contributed by atoms with E-state index in [-0.39, 0.29) is 11.4 Å². The smallest absolute Gasteiger partial charge is 0.358 e. The minimum Gasteiger partial charge on any atom is -0.476 e. The average molecular weight is 314 g/mol. The van der Waals surface area contributed by atoms with Gasteiger partial charge < -0.3 is 10.8 Å². The Hall–Kier alpha value is -1.83. The fourth-order valence-corrected chi connectivity index (χ4v) is 2.15. The highest BCUT2D eigenvalue weighted by atomic mass is 79.9. The van der Waals surface area contributed by atoms with E-state index in [1.54, 1.807) is 4.68 Å². The number of nitrogen functional groups attached to an aromatic ring is 1. The highest BCUT2D eigenvalue weighted by molar-refractivity contribution is 9.10. The minimum atomic E-state index is -1.13. The molecule has 0 aliphatic heterocycles. The molecule has 0 atom stereocenters. The van der Waals surface area contributed by atoms with Crippen molar-refractivity contribution in [1.29, 1.82) is 0 Å². The molecule has 0 spiro atoms. The van der Waals surface area contributed by atoms with Gasteiger partial charge in [-0.05, 0) is 22.9 Å². The molecular weight excluding hydrogens is 302 g/mol. The summed E-state index contributed by atoms with van der Waals surface area (Å²) in [5.74, 6) is -1.13. The lowest BCUT2D eigenvalue weighted by Gasteiger charge is -2.02. The van der Waals surface area contributed by atoms with Crippen LogP contribution in [0.2, 0.25) is 0 Å². The maximum Gasteiger partial charge on any atom is 0.358 e. The van der Waals surface area contributed by atoms with Crippen molar-refractivity contribution in [2.24, 2.45) is 7.05 Å². The van der Waals surface area contributed by atoms with E-state index in [2.05, 4.69) is 26.1 Å². The van der Waals surface area contributed by atoms with Gasteiger partial charge in [0.1, 0.15) is 0 Å². The first-order valence-electron chi connectivity index (χ1n) is 5.14. The summed E-state index contributed by atoms with van der Waals surface area (Å²) in [6.07, 6.45) is 1.50. The summed E-state index contributed by atoms with van der Waals surface area (Å²) in [5.41, 5.74) is 7.36. The molecule has 0 aromatic carbocycles. The number of carbonyl (C=O) groups is 1. The molecule has 7 nitrogen and oxygen atoms in total. The first-order valence-corrected chi connectivity index (χ1v) is 5.93. The molecule has 0 fully saturated rings. The third-order valence-corrected chi connectivity index (χ3v) is 3.60. The Morgan fingerprint density at radius 2 is 2.22 bits per heavy atom. The van der Waals surface area contributed by atoms with Gasteiger partial charge in [0, 0.05) is 13.2 Å². The highest BCUT2D eigenvalue weighted by Crippen LogP contribution is 2.21. The second-order valence-electron chi connectivity index (χ2n) is 3.91. The van der Waals surface area contributed by atoms with Crippen LogP contribution in [0, 0.1) is 6.92 Å². The second kappa shape index (κ2) is 4.45. The van der Waals surface area contributed by atoms with Crippen molar-refractivity contribution in [3.05, 3.63) is 27.8 Å². The summed E-state index contributed by atoms with van der Waals surface area (Å²) in [4.78, 5) is 10.8. The zero-order valence-corrected chi connectivity index (χ0v) is 11.5. The van der Waals surface area contributed by atoms with Crippen LogP contribution in [0.5, 0.6) is 0 Å². The maximum atomic E-state index is 10.8. The van der Waals surface area contributed by atoms with Crippen LogP contribution < -0.4 is 5.73 Å². The van der Waals surface area contributed by atoms with Gasteiger partial charge in [-0.15, -0.1) is 0 Å². The van der Waals surface area contributed by atoms with Crippen molar-refractivity contribution >= 4 is 27.6 Å². The first kappa shape index (κ1) is 12.6. The number of carboxylic acid groups (broad SMARTS) is 1. The number of aromatic carboxylic acids is 1. The lowest BCUT2D eigenvalue weighted by atomic mass is 10.3. The Morgan fingerprint density at radius 3 is 2.67 bits per heavy atom. The molecule has 0 aliphatic rings. The number of carboxylic acids is 1. The standard InChI is InChI=1S/C10H12BrN5O2/c1-5-8(11)7(15(2)13-5)4-16-3-6(12)9(14-16)10(17)18/h3H,4,12H2,1-2H3,(H,17,18). The number of hydrogen-bond acceptors (Lipinski definition) is 4. The summed E-state index contributed by atoms with van der Waals surface area (Å²) in [6.45, 7) is 2.28. The summed E-state index contributed by atoms with van der Waals surface area (Å²) < 4.78 is 4.09. The van der Waals surface area contributed by atoms with Crippen LogP contribution in [0.3, 0.4) is 0 Å². The number of hydrogen-bond donors (Lipinski definition) is 2. The fraction of sp³-hybridized carbons (Fsp3) is 0.300. The van der Waals surface area contributed by atoms with Crippen LogP contribution >= 0.6 is 15.9 Å². The predicted octanol–water partition coefficient (Wildman–Crippen LogP) is 1.02. The molecule has 3 N–H and O–H groups in total. The third-order valence-electron chi connectivity index (χ3n) is 2.57. The molecule has 2 aromatic heterocycles. The number of aromatic nitrogens is 4. The van der Waals surface area contributed by atoms with Crippen molar-refractivity contribution in [2.45, 2.75) is 13.5 Å². The van der Waals surface area contributed by atoms with Crippen molar-refractivity contribution in [3.63, 3.8) is 0 Å². The molecule has 96 valence electrons. The van der Waals surface area contributed by atoms with Gasteiger partial charge >= 0.3 is 5.97 Å². The molecule has 0 aliphatic carbocycles. The molecule has 18 heavy (non-hydrogen) atoms. The van der Waals surface area contributed by atoms with Gasteiger partial charge in [0.2, 0.25) is 0 Å². The van der Waals surface area contributed by atoms with Crippen molar-refractivity contribution in [1.82, 2.24) is 19.6 Å². The quantitative estimate of drug-likeness (QED) is 0.881. The molecule has 2 aromatic rings. The Labute approximate surface area is 111 Å². The third kappa shape index (κ3) is 2.10. The molecule has 0 bridgehead atoms. The van der Waals surface area contributed by atoms with Crippen LogP contribution in [0.15, 0.2) is 10.7 Å². The topological polar surface area (TPSA) is 99.0 Å². The summed E-state index contributed by atoms with van der Waals surface area (Å²) in [6, 6.07) is 0. The van der Waals surface area contributed by atoms with Gasteiger partial charge in [0.15, 0.2) is 5.69 Å². The molecule has 0 saturated heterocycles. The van der Waals surface area contributed by atoms with Gasteiger partial charge in [-0.3, -0.25) is 9.36 Å². The van der Waals surface area contributed by atoms with Crippen LogP contribution in [-0.4, -0.2) is 30.6 Å². The lowest BCUT2D eigenvalue weighted by molar-refractivity contribution is 0.0690. The first-order chi connectivity index (χ1) is 8.40. The van der Waals surface area contributed by atoms with E-state index in [1.165, 1.54) is 10.9 Å². The Balaban J connectivity index is 2.34. The van der Waals surface area contributed by atoms with Crippen LogP contribution in [-0.2, 0) is 13.6 Å². The van der Waals surface area contributed by atoms with Gasteiger partial charge in [-0.1, -0.05) is 0 Å². The zero-order valence-electron chi connectivity index (χ0n) is 9.88. The molecule has 0 saturated carbocycles. The van der Waals surface area contributed by atoms with Crippen LogP contribution in [0.25, 0.3) is 0 Å². The Kier molecular flexibility index (Phi) is 3.12. The monoisotopic (exact) mass is 313 g/mol. The van der Waals surface area contributed by atoms with E-state index in [0.717, 1.165) is 15.9 Å². The number of nitrogens with zero attached hydrogens (tertiary/aromatic N) is 4. The number of nitrogens with two attached hydrogens (primary N) is 1. The predicted molar refractivity (Wildman–Crippen MR) is 68.3 cm³/mol. The summed E-state index contributed by atoms with van der Waals surface area (Å²) in [7, 11) is 1.82. The molecule has 8 heteroatoms. The lowest BCUT2D eigenvalue weighted by Crippen LogP contribution is -2.08. The molecular formula is C10H12BrN5O2. The molecule has 0 amide bonds. The number of rotatable bonds is 3. The van der Waals surface area contributed by atoms with Crippen molar-refractivity contribution in [3.8, 4) is 0 Å². The van der Waals surface area contributed by atoms with Gasteiger partial charge in [-0.2, -0.15) is 10.2 Å². The number of aryl methyl sites for hydroxylation is 2. The molecule has 2 rings (SSSR count). The normalized spacial score (nSPS) is 10.8. The van der Waals surface area contributed by atoms with Gasteiger partial charge in [0.25, 0.3) is 0 Å². The highest BCUT2D eigenvalue weighted by Gasteiger charge is 2.16. The average Bonchev–Trinajstić information content (AvgIpc) is 2.75. The second-order valence-corrected chi connectivity index (χ2v) is 4.70. The van der Waals surface area contributed by atoms with Gasteiger partial charge in [-0.25, -0.2) is 4.79 Å². The summed E-state index contributed by atoms with van der Waals surface area (Å²) in [5, 5.41) is 17.1. The largest absolute Gasteiger partial charge is 0.476 e. The summed E-state index contributed by atoms with van der Waals surface area (Å²) >= 11 is 3.44. The van der Waals surface area contributed by atoms with Crippen molar-refractivity contribution < 1.29 is 9.90 Å². The van der Waals surface area contributed by atoms with Crippen molar-refractivity contribution in [2.75, 3.05) is 5.73 Å². The number of halogens is 1. The minimum absolute atomic E-state index is 0.134. The molecule has 2 heterocycles. The Morgan fingerprint density at radius 1 is 1.56 bits per heavy atom. The molecule has 0 radical (unpaired) electrons. The van der Waals surface area contributed by atoms with Gasteiger partial charge in [0.05, 0.1) is 28.1 Å². The van der Waals surface area contributed by atoms with Crippen LogP contribution in [0.1, 0.15) is 21.9 Å². The zero-order chi connectivity index (χ0) is 13.4. The SMILES string of the molecule is Cc1nn(C)c(Cn2cc(N)c(C(=O)O)n2)c1Br. The van der Waals surface area contributed by atoms with Crippen LogP contribution in [0.4, 0.5) is 5.69 Å².